The van der Waals surface area contributed by atoms with Gasteiger partial charge in [0.25, 0.3) is 0 Å². The molecular weight excluding hydrogens is 541 g/mol. The number of nitrogens with zero attached hydrogens (tertiary/aromatic N) is 2. The molecule has 1 N–H and O–H groups in total. The molecular formula is C19H31BrIN3O2S. The van der Waals surface area contributed by atoms with Crippen LogP contribution in [0.4, 0.5) is 0 Å². The average Bonchev–Trinajstić information content (AvgIpc) is 3.13. The molecule has 1 aliphatic rings. The SMILES string of the molecule is CCNC(=NCCSCCOc1cccc(Br)c1)N(C)CC1CCOC1.I. The van der Waals surface area contributed by atoms with Crippen molar-refractivity contribution < 1.29 is 9.47 Å². The monoisotopic (exact) mass is 571 g/mol. The molecule has 0 bridgehead atoms. The topological polar surface area (TPSA) is 46.1 Å². The maximum absolute atomic E-state index is 5.75. The zero-order valence-corrected chi connectivity index (χ0v) is 20.9. The molecule has 2 rings (SSSR count). The molecule has 0 aromatic heterocycles. The second-order valence-electron chi connectivity index (χ2n) is 6.26. The summed E-state index contributed by atoms with van der Waals surface area (Å²) in [6, 6.07) is 7.95. The minimum Gasteiger partial charge on any atom is -0.493 e. The van der Waals surface area contributed by atoms with Crippen molar-refractivity contribution in [1.29, 1.82) is 0 Å². The van der Waals surface area contributed by atoms with Crippen LogP contribution in [0.15, 0.2) is 33.7 Å². The number of aliphatic imine (C=N–C) groups is 1. The molecule has 1 atom stereocenters. The molecule has 0 amide bonds. The first-order chi connectivity index (χ1) is 12.7. The van der Waals surface area contributed by atoms with Crippen LogP contribution in [-0.4, -0.2) is 68.9 Å². The van der Waals surface area contributed by atoms with Gasteiger partial charge in [-0.2, -0.15) is 11.8 Å². The van der Waals surface area contributed by atoms with Gasteiger partial charge in [-0.1, -0.05) is 22.0 Å². The summed E-state index contributed by atoms with van der Waals surface area (Å²) < 4.78 is 12.3. The van der Waals surface area contributed by atoms with Gasteiger partial charge in [0.05, 0.1) is 19.8 Å². The first kappa shape index (κ1) is 24.8. The van der Waals surface area contributed by atoms with Gasteiger partial charge in [-0.3, -0.25) is 4.99 Å². The van der Waals surface area contributed by atoms with Gasteiger partial charge in [-0.05, 0) is 31.5 Å². The molecule has 5 nitrogen and oxygen atoms in total. The first-order valence-electron chi connectivity index (χ1n) is 9.22. The third-order valence-corrected chi connectivity index (χ3v) is 5.46. The van der Waals surface area contributed by atoms with Gasteiger partial charge in [-0.15, -0.1) is 24.0 Å². The molecule has 0 aliphatic carbocycles. The minimum absolute atomic E-state index is 0. The van der Waals surface area contributed by atoms with Gasteiger partial charge in [-0.25, -0.2) is 0 Å². The normalized spacial score (nSPS) is 16.7. The number of hydrogen-bond donors (Lipinski definition) is 1. The van der Waals surface area contributed by atoms with Gasteiger partial charge in [0.1, 0.15) is 5.75 Å². The van der Waals surface area contributed by atoms with E-state index in [1.165, 1.54) is 0 Å². The lowest BCUT2D eigenvalue weighted by Gasteiger charge is -2.24. The van der Waals surface area contributed by atoms with E-state index in [0.29, 0.717) is 12.5 Å². The standard InChI is InChI=1S/C19H30BrN3O2S.HI/c1-3-21-19(23(2)14-16-7-9-24-15-16)22-8-11-26-12-10-25-18-6-4-5-17(20)13-18;/h4-6,13,16H,3,7-12,14-15H2,1-2H3,(H,21,22);1H. The van der Waals surface area contributed by atoms with Crippen molar-refractivity contribution in [1.82, 2.24) is 10.2 Å². The van der Waals surface area contributed by atoms with Gasteiger partial charge < -0.3 is 19.7 Å². The highest BCUT2D eigenvalue weighted by Gasteiger charge is 2.18. The van der Waals surface area contributed by atoms with Crippen LogP contribution >= 0.6 is 51.7 Å². The summed E-state index contributed by atoms with van der Waals surface area (Å²) in [6.45, 7) is 7.29. The van der Waals surface area contributed by atoms with E-state index in [1.807, 2.05) is 36.0 Å². The quantitative estimate of drug-likeness (QED) is 0.198. The number of thioether (sulfide) groups is 1. The van der Waals surface area contributed by atoms with Crippen LogP contribution in [0.2, 0.25) is 0 Å². The maximum Gasteiger partial charge on any atom is 0.193 e. The lowest BCUT2D eigenvalue weighted by atomic mass is 10.1. The van der Waals surface area contributed by atoms with Gasteiger partial charge >= 0.3 is 0 Å². The van der Waals surface area contributed by atoms with Crippen molar-refractivity contribution in [2.24, 2.45) is 10.9 Å². The van der Waals surface area contributed by atoms with Crippen LogP contribution in [0, 0.1) is 5.92 Å². The third-order valence-electron chi connectivity index (χ3n) is 4.04. The van der Waals surface area contributed by atoms with Crippen molar-refractivity contribution in [3.63, 3.8) is 0 Å². The summed E-state index contributed by atoms with van der Waals surface area (Å²) >= 11 is 5.32. The summed E-state index contributed by atoms with van der Waals surface area (Å²) in [5.74, 6) is 4.48. The Hall–Kier alpha value is -0.190. The second kappa shape index (κ2) is 14.8. The van der Waals surface area contributed by atoms with Gasteiger partial charge in [0.15, 0.2) is 5.96 Å². The molecule has 1 aromatic carbocycles. The Labute approximate surface area is 193 Å². The van der Waals surface area contributed by atoms with Crippen LogP contribution in [-0.2, 0) is 4.74 Å². The molecule has 1 heterocycles. The summed E-state index contributed by atoms with van der Waals surface area (Å²) in [7, 11) is 2.11. The Morgan fingerprint density at radius 1 is 1.44 bits per heavy atom. The Kier molecular flexibility index (Phi) is 13.6. The van der Waals surface area contributed by atoms with Gasteiger partial charge in [0, 0.05) is 48.6 Å². The van der Waals surface area contributed by atoms with E-state index >= 15 is 0 Å². The summed E-state index contributed by atoms with van der Waals surface area (Å²) in [4.78, 5) is 6.97. The van der Waals surface area contributed by atoms with Crippen molar-refractivity contribution in [3.05, 3.63) is 28.7 Å². The average molecular weight is 572 g/mol. The van der Waals surface area contributed by atoms with Crippen LogP contribution in [0.5, 0.6) is 5.75 Å². The van der Waals surface area contributed by atoms with E-state index in [4.69, 9.17) is 14.5 Å². The molecule has 154 valence electrons. The predicted molar refractivity (Wildman–Crippen MR) is 130 cm³/mol. The van der Waals surface area contributed by atoms with Crippen molar-refractivity contribution in [2.45, 2.75) is 13.3 Å². The van der Waals surface area contributed by atoms with E-state index in [2.05, 4.69) is 40.1 Å². The fourth-order valence-corrected chi connectivity index (χ4v) is 3.77. The number of hydrogen-bond acceptors (Lipinski definition) is 4. The molecule has 1 aromatic rings. The maximum atomic E-state index is 5.75. The minimum atomic E-state index is 0. The smallest absolute Gasteiger partial charge is 0.193 e. The molecule has 1 aliphatic heterocycles. The first-order valence-corrected chi connectivity index (χ1v) is 11.2. The second-order valence-corrected chi connectivity index (χ2v) is 8.40. The molecule has 0 saturated carbocycles. The van der Waals surface area contributed by atoms with Crippen LogP contribution < -0.4 is 10.1 Å². The van der Waals surface area contributed by atoms with E-state index in [0.717, 1.165) is 67.0 Å². The molecule has 27 heavy (non-hydrogen) atoms. The highest BCUT2D eigenvalue weighted by Crippen LogP contribution is 2.18. The number of rotatable bonds is 10. The van der Waals surface area contributed by atoms with Crippen LogP contribution in [0.3, 0.4) is 0 Å². The van der Waals surface area contributed by atoms with E-state index in [-0.39, 0.29) is 24.0 Å². The highest BCUT2D eigenvalue weighted by atomic mass is 127. The molecule has 0 spiro atoms. The number of guanidine groups is 1. The van der Waals surface area contributed by atoms with E-state index < -0.39 is 0 Å². The lowest BCUT2D eigenvalue weighted by molar-refractivity contribution is 0.181. The summed E-state index contributed by atoms with van der Waals surface area (Å²) in [5.41, 5.74) is 0. The number of ether oxygens (including phenoxy) is 2. The molecule has 1 saturated heterocycles. The Bertz CT molecular complexity index is 560. The Morgan fingerprint density at radius 3 is 3.00 bits per heavy atom. The van der Waals surface area contributed by atoms with Gasteiger partial charge in [0.2, 0.25) is 0 Å². The highest BCUT2D eigenvalue weighted by molar-refractivity contribution is 14.0. The Morgan fingerprint density at radius 2 is 2.30 bits per heavy atom. The molecule has 1 unspecified atom stereocenters. The predicted octanol–water partition coefficient (Wildman–Crippen LogP) is 4.11. The molecule has 8 heteroatoms. The molecule has 1 fully saturated rings. The van der Waals surface area contributed by atoms with Crippen LogP contribution in [0.1, 0.15) is 13.3 Å². The third kappa shape index (κ3) is 10.2. The lowest BCUT2D eigenvalue weighted by Crippen LogP contribution is -2.41. The fraction of sp³-hybridized carbons (Fsp3) is 0.632. The fourth-order valence-electron chi connectivity index (χ4n) is 2.76. The summed E-state index contributed by atoms with van der Waals surface area (Å²) in [5, 5.41) is 3.38. The largest absolute Gasteiger partial charge is 0.493 e. The van der Waals surface area contributed by atoms with Crippen LogP contribution in [0.25, 0.3) is 0 Å². The number of halogens is 2. The van der Waals surface area contributed by atoms with Crippen molar-refractivity contribution >= 4 is 57.6 Å². The zero-order chi connectivity index (χ0) is 18.6. The Balaban J connectivity index is 0.00000364. The van der Waals surface area contributed by atoms with E-state index in [1.54, 1.807) is 0 Å². The van der Waals surface area contributed by atoms with Crippen molar-refractivity contribution in [3.8, 4) is 5.75 Å². The number of nitrogens with one attached hydrogen (secondary N) is 1. The molecule has 0 radical (unpaired) electrons. The zero-order valence-electron chi connectivity index (χ0n) is 16.2. The van der Waals surface area contributed by atoms with E-state index in [9.17, 15) is 0 Å². The number of benzene rings is 1. The summed E-state index contributed by atoms with van der Waals surface area (Å²) in [6.07, 6.45) is 1.15. The van der Waals surface area contributed by atoms with Crippen molar-refractivity contribution in [2.75, 3.05) is 58.0 Å².